The molecule has 6 heteroatoms. The summed E-state index contributed by atoms with van der Waals surface area (Å²) < 4.78 is 0. The summed E-state index contributed by atoms with van der Waals surface area (Å²) in [6.07, 6.45) is 0. The molecule has 2 N–H and O–H groups in total. The Morgan fingerprint density at radius 3 is 3.00 bits per heavy atom. The van der Waals surface area contributed by atoms with Crippen molar-refractivity contribution in [2.24, 2.45) is 0 Å². The minimum absolute atomic E-state index is 0.0553. The van der Waals surface area contributed by atoms with Crippen molar-refractivity contribution in [3.05, 3.63) is 17.8 Å². The van der Waals surface area contributed by atoms with E-state index in [1.54, 1.807) is 12.1 Å². The molecule has 1 fully saturated rings. The molecule has 0 aromatic carbocycles. The summed E-state index contributed by atoms with van der Waals surface area (Å²) in [7, 11) is 0. The molecule has 1 unspecified atom stereocenters. The monoisotopic (exact) mass is 238 g/mol. The Bertz CT molecular complexity index is 381. The SMILES string of the molecule is CC1CSCCN1C(=O)c1ccc(N)nn1. The van der Waals surface area contributed by atoms with Gasteiger partial charge in [-0.1, -0.05) is 0 Å². The maximum absolute atomic E-state index is 12.1. The van der Waals surface area contributed by atoms with Crippen LogP contribution in [0.3, 0.4) is 0 Å². The van der Waals surface area contributed by atoms with Crippen molar-refractivity contribution in [1.29, 1.82) is 0 Å². The van der Waals surface area contributed by atoms with E-state index in [1.807, 2.05) is 16.7 Å². The van der Waals surface area contributed by atoms with E-state index in [2.05, 4.69) is 17.1 Å². The highest BCUT2D eigenvalue weighted by Gasteiger charge is 2.25. The van der Waals surface area contributed by atoms with Gasteiger partial charge in [0.1, 0.15) is 5.82 Å². The highest BCUT2D eigenvalue weighted by Crippen LogP contribution is 2.17. The van der Waals surface area contributed by atoms with Gasteiger partial charge < -0.3 is 10.6 Å². The summed E-state index contributed by atoms with van der Waals surface area (Å²) in [6.45, 7) is 2.82. The average Bonchev–Trinajstić information content (AvgIpc) is 2.30. The number of thioether (sulfide) groups is 1. The first-order valence-electron chi connectivity index (χ1n) is 5.16. The van der Waals surface area contributed by atoms with Crippen LogP contribution < -0.4 is 5.73 Å². The van der Waals surface area contributed by atoms with Crippen molar-refractivity contribution in [2.75, 3.05) is 23.8 Å². The minimum atomic E-state index is -0.0553. The fourth-order valence-electron chi connectivity index (χ4n) is 1.63. The van der Waals surface area contributed by atoms with Gasteiger partial charge in [0.25, 0.3) is 5.91 Å². The number of aromatic nitrogens is 2. The van der Waals surface area contributed by atoms with E-state index in [-0.39, 0.29) is 11.9 Å². The zero-order chi connectivity index (χ0) is 11.5. The van der Waals surface area contributed by atoms with Crippen LogP contribution in [0.25, 0.3) is 0 Å². The number of nitrogen functional groups attached to an aromatic ring is 1. The molecule has 1 atom stereocenters. The van der Waals surface area contributed by atoms with E-state index in [9.17, 15) is 4.79 Å². The van der Waals surface area contributed by atoms with Gasteiger partial charge in [-0.25, -0.2) is 0 Å². The zero-order valence-corrected chi connectivity index (χ0v) is 9.91. The summed E-state index contributed by atoms with van der Waals surface area (Å²) in [4.78, 5) is 13.9. The Morgan fingerprint density at radius 2 is 2.38 bits per heavy atom. The predicted molar refractivity (Wildman–Crippen MR) is 64.3 cm³/mol. The second-order valence-electron chi connectivity index (χ2n) is 3.77. The van der Waals surface area contributed by atoms with Gasteiger partial charge in [-0.3, -0.25) is 4.79 Å². The third-order valence-electron chi connectivity index (χ3n) is 2.53. The highest BCUT2D eigenvalue weighted by atomic mass is 32.2. The van der Waals surface area contributed by atoms with Crippen LogP contribution in [-0.4, -0.2) is 45.1 Å². The number of nitrogens with zero attached hydrogens (tertiary/aromatic N) is 3. The predicted octanol–water partition coefficient (Wildman–Crippen LogP) is 0.636. The first-order valence-corrected chi connectivity index (χ1v) is 6.32. The van der Waals surface area contributed by atoms with Crippen LogP contribution in [0.15, 0.2) is 12.1 Å². The third-order valence-corrected chi connectivity index (χ3v) is 3.72. The first kappa shape index (κ1) is 11.2. The fraction of sp³-hybridized carbons (Fsp3) is 0.500. The minimum Gasteiger partial charge on any atom is -0.382 e. The summed E-state index contributed by atoms with van der Waals surface area (Å²) in [5, 5.41) is 7.51. The van der Waals surface area contributed by atoms with Gasteiger partial charge in [-0.2, -0.15) is 11.8 Å². The molecule has 0 spiro atoms. The Kier molecular flexibility index (Phi) is 3.28. The lowest BCUT2D eigenvalue weighted by Crippen LogP contribution is -2.44. The number of hydrogen-bond acceptors (Lipinski definition) is 5. The smallest absolute Gasteiger partial charge is 0.274 e. The van der Waals surface area contributed by atoms with E-state index in [4.69, 9.17) is 5.73 Å². The van der Waals surface area contributed by atoms with E-state index in [0.29, 0.717) is 11.5 Å². The quantitative estimate of drug-likeness (QED) is 0.777. The van der Waals surface area contributed by atoms with Crippen LogP contribution >= 0.6 is 11.8 Å². The molecule has 0 bridgehead atoms. The molecule has 0 aliphatic carbocycles. The van der Waals surface area contributed by atoms with Crippen molar-refractivity contribution >= 4 is 23.5 Å². The van der Waals surface area contributed by atoms with Gasteiger partial charge in [0.15, 0.2) is 5.69 Å². The fourth-order valence-corrected chi connectivity index (χ4v) is 2.65. The lowest BCUT2D eigenvalue weighted by molar-refractivity contribution is 0.0709. The molecule has 2 heterocycles. The summed E-state index contributed by atoms with van der Waals surface area (Å²) in [6, 6.07) is 3.48. The Hall–Kier alpha value is -1.30. The Morgan fingerprint density at radius 1 is 1.56 bits per heavy atom. The molecule has 5 nitrogen and oxygen atoms in total. The number of rotatable bonds is 1. The standard InChI is InChI=1S/C10H14N4OS/c1-7-6-16-5-4-14(7)10(15)8-2-3-9(11)13-12-8/h2-3,7H,4-6H2,1H3,(H2,11,13). The Balaban J connectivity index is 2.14. The average molecular weight is 238 g/mol. The molecule has 1 amide bonds. The van der Waals surface area contributed by atoms with Crippen LogP contribution in [0, 0.1) is 0 Å². The molecule has 1 aromatic heterocycles. The van der Waals surface area contributed by atoms with E-state index in [1.165, 1.54) is 0 Å². The molecule has 0 saturated carbocycles. The van der Waals surface area contributed by atoms with Crippen LogP contribution in [-0.2, 0) is 0 Å². The maximum atomic E-state index is 12.1. The Labute approximate surface area is 98.4 Å². The number of carbonyl (C=O) groups is 1. The molecule has 1 aliphatic heterocycles. The molecule has 16 heavy (non-hydrogen) atoms. The third kappa shape index (κ3) is 2.27. The van der Waals surface area contributed by atoms with Gasteiger partial charge in [0, 0.05) is 24.1 Å². The van der Waals surface area contributed by atoms with Gasteiger partial charge >= 0.3 is 0 Å². The lowest BCUT2D eigenvalue weighted by Gasteiger charge is -2.32. The van der Waals surface area contributed by atoms with Gasteiger partial charge in [0.2, 0.25) is 0 Å². The summed E-state index contributed by atoms with van der Waals surface area (Å²) >= 11 is 1.87. The zero-order valence-electron chi connectivity index (χ0n) is 9.09. The van der Waals surface area contributed by atoms with Crippen molar-refractivity contribution < 1.29 is 4.79 Å². The lowest BCUT2D eigenvalue weighted by atomic mass is 10.2. The van der Waals surface area contributed by atoms with Gasteiger partial charge in [0.05, 0.1) is 0 Å². The topological polar surface area (TPSA) is 72.1 Å². The van der Waals surface area contributed by atoms with Crippen molar-refractivity contribution in [3.63, 3.8) is 0 Å². The van der Waals surface area contributed by atoms with E-state index >= 15 is 0 Å². The van der Waals surface area contributed by atoms with Crippen molar-refractivity contribution in [3.8, 4) is 0 Å². The van der Waals surface area contributed by atoms with Crippen molar-refractivity contribution in [2.45, 2.75) is 13.0 Å². The number of hydrogen-bond donors (Lipinski definition) is 1. The summed E-state index contributed by atoms with van der Waals surface area (Å²) in [5.41, 5.74) is 5.80. The number of carbonyl (C=O) groups excluding carboxylic acids is 1. The maximum Gasteiger partial charge on any atom is 0.274 e. The van der Waals surface area contributed by atoms with E-state index < -0.39 is 0 Å². The molecule has 1 saturated heterocycles. The number of nitrogens with two attached hydrogens (primary N) is 1. The molecular weight excluding hydrogens is 224 g/mol. The van der Waals surface area contributed by atoms with Gasteiger partial charge in [-0.05, 0) is 19.1 Å². The number of amides is 1. The molecular formula is C10H14N4OS. The van der Waals surface area contributed by atoms with Gasteiger partial charge in [-0.15, -0.1) is 10.2 Å². The molecule has 2 rings (SSSR count). The largest absolute Gasteiger partial charge is 0.382 e. The van der Waals surface area contributed by atoms with Crippen LogP contribution in [0.4, 0.5) is 5.82 Å². The first-order chi connectivity index (χ1) is 7.68. The second-order valence-corrected chi connectivity index (χ2v) is 4.92. The van der Waals surface area contributed by atoms with E-state index in [0.717, 1.165) is 18.1 Å². The summed E-state index contributed by atoms with van der Waals surface area (Å²) in [5.74, 6) is 2.24. The van der Waals surface area contributed by atoms with Crippen LogP contribution in [0.2, 0.25) is 0 Å². The van der Waals surface area contributed by atoms with Crippen molar-refractivity contribution in [1.82, 2.24) is 15.1 Å². The molecule has 0 radical (unpaired) electrons. The highest BCUT2D eigenvalue weighted by molar-refractivity contribution is 7.99. The molecule has 1 aliphatic rings. The van der Waals surface area contributed by atoms with Crippen LogP contribution in [0.1, 0.15) is 17.4 Å². The number of anilines is 1. The van der Waals surface area contributed by atoms with Crippen LogP contribution in [0.5, 0.6) is 0 Å². The second kappa shape index (κ2) is 4.69. The normalized spacial score (nSPS) is 20.8. The molecule has 86 valence electrons. The molecule has 1 aromatic rings.